The van der Waals surface area contributed by atoms with Gasteiger partial charge in [0.15, 0.2) is 0 Å². The van der Waals surface area contributed by atoms with Crippen LogP contribution in [0.2, 0.25) is 0 Å². The van der Waals surface area contributed by atoms with Crippen molar-refractivity contribution < 1.29 is 4.79 Å². The zero-order valence-electron chi connectivity index (χ0n) is 9.33. The van der Waals surface area contributed by atoms with E-state index in [1.165, 1.54) is 0 Å². The number of halogens is 1. The first-order valence-corrected chi connectivity index (χ1v) is 6.00. The molecule has 0 aromatic carbocycles. The highest BCUT2D eigenvalue weighted by atomic mass is 79.9. The third kappa shape index (κ3) is 3.74. The number of ketones is 1. The Labute approximate surface area is 99.2 Å². The zero-order valence-corrected chi connectivity index (χ0v) is 10.9. The molecule has 0 saturated heterocycles. The van der Waals surface area contributed by atoms with E-state index in [9.17, 15) is 4.79 Å². The summed E-state index contributed by atoms with van der Waals surface area (Å²) in [6.45, 7) is 5.85. The Bertz CT molecular complexity index is 349. The molecule has 0 amide bonds. The van der Waals surface area contributed by atoms with E-state index in [0.29, 0.717) is 6.42 Å². The third-order valence-electron chi connectivity index (χ3n) is 2.22. The second-order valence-corrected chi connectivity index (χ2v) is 5.20. The Morgan fingerprint density at radius 1 is 1.47 bits per heavy atom. The fraction of sp³-hybridized carbons (Fsp3) is 0.500. The predicted molar refractivity (Wildman–Crippen MR) is 65.2 cm³/mol. The summed E-state index contributed by atoms with van der Waals surface area (Å²) in [5.74, 6) is 0.323. The van der Waals surface area contributed by atoms with E-state index in [-0.39, 0.29) is 16.5 Å². The van der Waals surface area contributed by atoms with E-state index in [2.05, 4.69) is 27.0 Å². The minimum atomic E-state index is -0.0962. The van der Waals surface area contributed by atoms with E-state index in [1.54, 1.807) is 0 Å². The summed E-state index contributed by atoms with van der Waals surface area (Å²) in [5.41, 5.74) is 2.23. The number of carbonyl (C=O) groups is 1. The van der Waals surface area contributed by atoms with Crippen LogP contribution < -0.4 is 0 Å². The SMILES string of the molecule is Cc1cncc(CC(Br)C(=O)C(C)C)c1. The maximum atomic E-state index is 11.7. The number of aromatic nitrogens is 1. The molecule has 0 fully saturated rings. The molecule has 0 saturated carbocycles. The van der Waals surface area contributed by atoms with Crippen molar-refractivity contribution in [3.05, 3.63) is 29.6 Å². The number of pyridine rings is 1. The minimum Gasteiger partial charge on any atom is -0.298 e. The Balaban J connectivity index is 2.66. The van der Waals surface area contributed by atoms with E-state index in [4.69, 9.17) is 0 Å². The molecular formula is C12H16BrNO. The summed E-state index contributed by atoms with van der Waals surface area (Å²) in [4.78, 5) is 15.7. The molecule has 15 heavy (non-hydrogen) atoms. The number of rotatable bonds is 4. The van der Waals surface area contributed by atoms with Crippen molar-refractivity contribution in [1.82, 2.24) is 4.98 Å². The highest BCUT2D eigenvalue weighted by molar-refractivity contribution is 9.10. The monoisotopic (exact) mass is 269 g/mol. The van der Waals surface area contributed by atoms with Crippen molar-refractivity contribution in [2.45, 2.75) is 32.0 Å². The number of hydrogen-bond acceptors (Lipinski definition) is 2. The molecule has 1 aromatic heterocycles. The van der Waals surface area contributed by atoms with Crippen LogP contribution in [0.1, 0.15) is 25.0 Å². The Hall–Kier alpha value is -0.700. The molecule has 0 aliphatic carbocycles. The molecule has 1 atom stereocenters. The van der Waals surface area contributed by atoms with Gasteiger partial charge in [0.25, 0.3) is 0 Å². The first kappa shape index (κ1) is 12.4. The van der Waals surface area contributed by atoms with E-state index < -0.39 is 0 Å². The number of Topliss-reactive ketones (excluding diaryl/α,β-unsaturated/α-hetero) is 1. The van der Waals surface area contributed by atoms with Crippen molar-refractivity contribution in [2.75, 3.05) is 0 Å². The molecule has 0 bridgehead atoms. The fourth-order valence-electron chi connectivity index (χ4n) is 1.40. The Morgan fingerprint density at radius 2 is 2.13 bits per heavy atom. The van der Waals surface area contributed by atoms with Crippen molar-refractivity contribution in [2.24, 2.45) is 5.92 Å². The van der Waals surface area contributed by atoms with Crippen LogP contribution in [0.4, 0.5) is 0 Å². The summed E-state index contributed by atoms with van der Waals surface area (Å²) in [6, 6.07) is 2.06. The smallest absolute Gasteiger partial charge is 0.149 e. The van der Waals surface area contributed by atoms with Crippen LogP contribution in [0, 0.1) is 12.8 Å². The van der Waals surface area contributed by atoms with Crippen LogP contribution in [0.25, 0.3) is 0 Å². The Kier molecular flexibility index (Phi) is 4.45. The standard InChI is InChI=1S/C12H16BrNO/c1-8(2)12(15)11(13)5-10-4-9(3)6-14-7-10/h4,6-8,11H,5H2,1-3H3. The number of carbonyl (C=O) groups excluding carboxylic acids is 1. The molecule has 0 spiro atoms. The maximum absolute atomic E-state index is 11.7. The van der Waals surface area contributed by atoms with Crippen LogP contribution in [0.3, 0.4) is 0 Å². The zero-order chi connectivity index (χ0) is 11.4. The van der Waals surface area contributed by atoms with Crippen LogP contribution >= 0.6 is 15.9 Å². The van der Waals surface area contributed by atoms with Gasteiger partial charge in [-0.15, -0.1) is 0 Å². The summed E-state index contributed by atoms with van der Waals surface area (Å²) in [7, 11) is 0. The number of aryl methyl sites for hydroxylation is 1. The molecule has 1 heterocycles. The van der Waals surface area contributed by atoms with Crippen molar-refractivity contribution in [3.63, 3.8) is 0 Å². The van der Waals surface area contributed by atoms with Gasteiger partial charge < -0.3 is 0 Å². The number of nitrogens with zero attached hydrogens (tertiary/aromatic N) is 1. The summed E-state index contributed by atoms with van der Waals surface area (Å²) in [6.07, 6.45) is 4.34. The molecule has 3 heteroatoms. The van der Waals surface area contributed by atoms with E-state index in [1.807, 2.05) is 33.2 Å². The largest absolute Gasteiger partial charge is 0.298 e. The predicted octanol–water partition coefficient (Wildman–Crippen LogP) is 2.92. The molecule has 0 aliphatic rings. The molecule has 0 N–H and O–H groups in total. The van der Waals surface area contributed by atoms with Crippen molar-refractivity contribution in [1.29, 1.82) is 0 Å². The van der Waals surface area contributed by atoms with Gasteiger partial charge in [-0.05, 0) is 24.5 Å². The summed E-state index contributed by atoms with van der Waals surface area (Å²) < 4.78 is 0. The quantitative estimate of drug-likeness (QED) is 0.787. The van der Waals surface area contributed by atoms with Gasteiger partial charge >= 0.3 is 0 Å². The van der Waals surface area contributed by atoms with Gasteiger partial charge in [0.2, 0.25) is 0 Å². The van der Waals surface area contributed by atoms with Gasteiger partial charge in [-0.1, -0.05) is 35.8 Å². The van der Waals surface area contributed by atoms with E-state index >= 15 is 0 Å². The second-order valence-electron chi connectivity index (χ2n) is 4.10. The highest BCUT2D eigenvalue weighted by Crippen LogP contribution is 2.15. The summed E-state index contributed by atoms with van der Waals surface area (Å²) in [5, 5.41) is 0. The summed E-state index contributed by atoms with van der Waals surface area (Å²) >= 11 is 3.43. The van der Waals surface area contributed by atoms with Crippen LogP contribution in [0.15, 0.2) is 18.5 Å². The van der Waals surface area contributed by atoms with Crippen LogP contribution in [0.5, 0.6) is 0 Å². The van der Waals surface area contributed by atoms with Gasteiger partial charge in [0.05, 0.1) is 4.83 Å². The first-order chi connectivity index (χ1) is 7.00. The maximum Gasteiger partial charge on any atom is 0.149 e. The van der Waals surface area contributed by atoms with Gasteiger partial charge in [0.1, 0.15) is 5.78 Å². The molecule has 1 unspecified atom stereocenters. The number of alkyl halides is 1. The lowest BCUT2D eigenvalue weighted by atomic mass is 10.0. The molecule has 1 rings (SSSR count). The molecule has 0 aliphatic heterocycles. The van der Waals surface area contributed by atoms with Crippen molar-refractivity contribution >= 4 is 21.7 Å². The lowest BCUT2D eigenvalue weighted by Gasteiger charge is -2.11. The third-order valence-corrected chi connectivity index (χ3v) is 3.00. The topological polar surface area (TPSA) is 30.0 Å². The lowest BCUT2D eigenvalue weighted by molar-refractivity contribution is -0.121. The molecular weight excluding hydrogens is 254 g/mol. The normalized spacial score (nSPS) is 12.9. The highest BCUT2D eigenvalue weighted by Gasteiger charge is 2.18. The molecule has 2 nitrogen and oxygen atoms in total. The van der Waals surface area contributed by atoms with Gasteiger partial charge in [0, 0.05) is 18.3 Å². The van der Waals surface area contributed by atoms with Gasteiger partial charge in [-0.25, -0.2) is 0 Å². The van der Waals surface area contributed by atoms with Crippen LogP contribution in [-0.4, -0.2) is 15.6 Å². The minimum absolute atomic E-state index is 0.0761. The van der Waals surface area contributed by atoms with E-state index in [0.717, 1.165) is 11.1 Å². The first-order valence-electron chi connectivity index (χ1n) is 5.09. The van der Waals surface area contributed by atoms with Gasteiger partial charge in [-0.2, -0.15) is 0 Å². The Morgan fingerprint density at radius 3 is 2.67 bits per heavy atom. The average Bonchev–Trinajstić information content (AvgIpc) is 2.16. The second kappa shape index (κ2) is 5.40. The van der Waals surface area contributed by atoms with Crippen LogP contribution in [-0.2, 0) is 11.2 Å². The molecule has 82 valence electrons. The number of hydrogen-bond donors (Lipinski definition) is 0. The lowest BCUT2D eigenvalue weighted by Crippen LogP contribution is -2.21. The van der Waals surface area contributed by atoms with Gasteiger partial charge in [-0.3, -0.25) is 9.78 Å². The average molecular weight is 270 g/mol. The van der Waals surface area contributed by atoms with Crippen molar-refractivity contribution in [3.8, 4) is 0 Å². The molecule has 0 radical (unpaired) electrons. The molecule has 1 aromatic rings. The fourth-order valence-corrected chi connectivity index (χ4v) is 2.30.